The van der Waals surface area contributed by atoms with Crippen LogP contribution in [-0.4, -0.2) is 27.0 Å². The number of aromatic nitrogens is 2. The molecule has 0 fully saturated rings. The van der Waals surface area contributed by atoms with Crippen LogP contribution in [0, 0.1) is 6.92 Å². The van der Waals surface area contributed by atoms with E-state index in [-0.39, 0.29) is 11.5 Å². The number of aryl methyl sites for hydroxylation is 1. The summed E-state index contributed by atoms with van der Waals surface area (Å²) in [5.74, 6) is -1.78. The second-order valence-corrected chi connectivity index (χ2v) is 4.95. The Morgan fingerprint density at radius 2 is 1.90 bits per heavy atom. The third kappa shape index (κ3) is 3.18. The lowest BCUT2D eigenvalue weighted by Crippen LogP contribution is -2.17. The highest BCUT2D eigenvalue weighted by Crippen LogP contribution is 2.17. The van der Waals surface area contributed by atoms with Crippen LogP contribution in [0.25, 0.3) is 0 Å². The number of carbonyl (C=O) groups excluding carboxylic acids is 1. The summed E-state index contributed by atoms with van der Waals surface area (Å²) in [6.07, 6.45) is 2.57. The van der Waals surface area contributed by atoms with E-state index in [0.29, 0.717) is 5.56 Å². The molecule has 0 radical (unpaired) electrons. The van der Waals surface area contributed by atoms with Crippen LogP contribution >= 0.6 is 15.9 Å². The van der Waals surface area contributed by atoms with Gasteiger partial charge in [-0.1, -0.05) is 15.9 Å². The van der Waals surface area contributed by atoms with Gasteiger partial charge < -0.3 is 10.4 Å². The van der Waals surface area contributed by atoms with Crippen molar-refractivity contribution >= 4 is 33.6 Å². The van der Waals surface area contributed by atoms with Crippen LogP contribution in [0.4, 0.5) is 5.82 Å². The van der Waals surface area contributed by atoms with Crippen LogP contribution in [0.3, 0.4) is 0 Å². The molecule has 1 aromatic carbocycles. The maximum Gasteiger partial charge on any atom is 0.358 e. The van der Waals surface area contributed by atoms with E-state index in [9.17, 15) is 9.59 Å². The Hall–Kier alpha value is -2.28. The van der Waals surface area contributed by atoms with Crippen molar-refractivity contribution in [3.05, 3.63) is 51.9 Å². The number of nitrogens with zero attached hydrogens (tertiary/aromatic N) is 2. The highest BCUT2D eigenvalue weighted by molar-refractivity contribution is 9.10. The minimum absolute atomic E-state index is 0.0809. The minimum atomic E-state index is -1.25. The Labute approximate surface area is 123 Å². The number of halogens is 1. The molecule has 1 amide bonds. The summed E-state index contributed by atoms with van der Waals surface area (Å²) in [5, 5.41) is 11.4. The molecule has 20 heavy (non-hydrogen) atoms. The van der Waals surface area contributed by atoms with Gasteiger partial charge in [0.15, 0.2) is 11.5 Å². The van der Waals surface area contributed by atoms with E-state index in [1.807, 2.05) is 13.0 Å². The average Bonchev–Trinajstić information content (AvgIpc) is 2.37. The number of benzene rings is 1. The molecule has 0 aliphatic heterocycles. The zero-order chi connectivity index (χ0) is 14.7. The molecule has 0 saturated heterocycles. The largest absolute Gasteiger partial charge is 0.476 e. The molecule has 2 rings (SSSR count). The van der Waals surface area contributed by atoms with Gasteiger partial charge in [0.1, 0.15) is 0 Å². The zero-order valence-corrected chi connectivity index (χ0v) is 12.0. The summed E-state index contributed by atoms with van der Waals surface area (Å²) < 4.78 is 0.764. The van der Waals surface area contributed by atoms with Gasteiger partial charge in [0.2, 0.25) is 0 Å². The number of nitrogens with one attached hydrogen (secondary N) is 1. The van der Waals surface area contributed by atoms with Crippen molar-refractivity contribution < 1.29 is 14.7 Å². The van der Waals surface area contributed by atoms with E-state index < -0.39 is 11.9 Å². The van der Waals surface area contributed by atoms with Gasteiger partial charge in [-0.15, -0.1) is 0 Å². The number of carbonyl (C=O) groups is 2. The SMILES string of the molecule is Cc1cc(Br)cc(C(=O)Nc2nccnc2C(=O)O)c1. The Kier molecular flexibility index (Phi) is 4.09. The van der Waals surface area contributed by atoms with E-state index in [0.717, 1.165) is 10.0 Å². The maximum atomic E-state index is 12.1. The molecule has 0 atom stereocenters. The van der Waals surface area contributed by atoms with Crippen molar-refractivity contribution in [2.24, 2.45) is 0 Å². The summed E-state index contributed by atoms with van der Waals surface area (Å²) in [5.41, 5.74) is 1.01. The first-order valence-electron chi connectivity index (χ1n) is 5.60. The maximum absolute atomic E-state index is 12.1. The van der Waals surface area contributed by atoms with Gasteiger partial charge in [-0.05, 0) is 30.7 Å². The van der Waals surface area contributed by atoms with Crippen molar-refractivity contribution in [1.82, 2.24) is 9.97 Å². The predicted molar refractivity (Wildman–Crippen MR) is 75.8 cm³/mol. The predicted octanol–water partition coefficient (Wildman–Crippen LogP) is 2.50. The molecule has 2 aromatic rings. The van der Waals surface area contributed by atoms with Crippen LogP contribution < -0.4 is 5.32 Å². The number of aromatic carboxylic acids is 1. The summed E-state index contributed by atoms with van der Waals surface area (Å²) >= 11 is 3.30. The Bertz CT molecular complexity index is 668. The molecule has 0 bridgehead atoms. The summed E-state index contributed by atoms with van der Waals surface area (Å²) in [6.45, 7) is 1.85. The van der Waals surface area contributed by atoms with E-state index in [1.165, 1.54) is 12.4 Å². The number of hydrogen-bond acceptors (Lipinski definition) is 4. The van der Waals surface area contributed by atoms with Crippen LogP contribution in [0.15, 0.2) is 35.1 Å². The molecule has 0 saturated carbocycles. The summed E-state index contributed by atoms with van der Waals surface area (Å²) in [7, 11) is 0. The molecule has 0 spiro atoms. The van der Waals surface area contributed by atoms with Gasteiger partial charge in [0.25, 0.3) is 5.91 Å². The number of anilines is 1. The number of carboxylic acids is 1. The molecule has 0 unspecified atom stereocenters. The lowest BCUT2D eigenvalue weighted by molar-refractivity contribution is 0.0691. The number of hydrogen-bond donors (Lipinski definition) is 2. The van der Waals surface area contributed by atoms with Crippen molar-refractivity contribution in [2.45, 2.75) is 6.92 Å². The molecule has 7 heteroatoms. The molecule has 2 N–H and O–H groups in total. The number of rotatable bonds is 3. The van der Waals surface area contributed by atoms with Crippen molar-refractivity contribution in [2.75, 3.05) is 5.32 Å². The molecule has 1 heterocycles. The quantitative estimate of drug-likeness (QED) is 0.898. The van der Waals surface area contributed by atoms with Crippen LogP contribution in [0.5, 0.6) is 0 Å². The first kappa shape index (κ1) is 14.1. The van der Waals surface area contributed by atoms with Crippen LogP contribution in [0.2, 0.25) is 0 Å². The Morgan fingerprint density at radius 3 is 2.55 bits per heavy atom. The lowest BCUT2D eigenvalue weighted by atomic mass is 10.1. The average molecular weight is 336 g/mol. The monoisotopic (exact) mass is 335 g/mol. The Balaban J connectivity index is 2.30. The molecule has 0 aliphatic carbocycles. The molecular weight excluding hydrogens is 326 g/mol. The molecule has 1 aromatic heterocycles. The van der Waals surface area contributed by atoms with Gasteiger partial charge in [0, 0.05) is 22.4 Å². The van der Waals surface area contributed by atoms with Crippen LogP contribution in [0.1, 0.15) is 26.4 Å². The molecule has 6 nitrogen and oxygen atoms in total. The third-order valence-electron chi connectivity index (χ3n) is 2.44. The second kappa shape index (κ2) is 5.79. The van der Waals surface area contributed by atoms with E-state index >= 15 is 0 Å². The van der Waals surface area contributed by atoms with Crippen molar-refractivity contribution in [3.63, 3.8) is 0 Å². The number of carboxylic acid groups (broad SMARTS) is 1. The van der Waals surface area contributed by atoms with Gasteiger partial charge >= 0.3 is 5.97 Å². The topological polar surface area (TPSA) is 92.2 Å². The molecular formula is C13H10BrN3O3. The third-order valence-corrected chi connectivity index (χ3v) is 2.89. The molecule has 0 aliphatic rings. The Morgan fingerprint density at radius 1 is 1.20 bits per heavy atom. The first-order chi connectivity index (χ1) is 9.47. The van der Waals surface area contributed by atoms with E-state index in [2.05, 4.69) is 31.2 Å². The highest BCUT2D eigenvalue weighted by Gasteiger charge is 2.16. The van der Waals surface area contributed by atoms with Gasteiger partial charge in [-0.3, -0.25) is 4.79 Å². The smallest absolute Gasteiger partial charge is 0.358 e. The number of amides is 1. The minimum Gasteiger partial charge on any atom is -0.476 e. The fraction of sp³-hybridized carbons (Fsp3) is 0.0769. The normalized spacial score (nSPS) is 10.1. The van der Waals surface area contributed by atoms with E-state index in [4.69, 9.17) is 5.11 Å². The fourth-order valence-corrected chi connectivity index (χ4v) is 2.24. The van der Waals surface area contributed by atoms with E-state index in [1.54, 1.807) is 12.1 Å². The second-order valence-electron chi connectivity index (χ2n) is 4.03. The highest BCUT2D eigenvalue weighted by atomic mass is 79.9. The van der Waals surface area contributed by atoms with Gasteiger partial charge in [-0.2, -0.15) is 0 Å². The lowest BCUT2D eigenvalue weighted by Gasteiger charge is -2.07. The van der Waals surface area contributed by atoms with Crippen LogP contribution in [-0.2, 0) is 0 Å². The van der Waals surface area contributed by atoms with Gasteiger partial charge in [-0.25, -0.2) is 14.8 Å². The first-order valence-corrected chi connectivity index (χ1v) is 6.39. The fourth-order valence-electron chi connectivity index (χ4n) is 1.63. The van der Waals surface area contributed by atoms with Crippen molar-refractivity contribution in [3.8, 4) is 0 Å². The standard InChI is InChI=1S/C13H10BrN3O3/c1-7-4-8(6-9(14)5-7)12(18)17-11-10(13(19)20)15-2-3-16-11/h2-6H,1H3,(H,19,20)(H,16,17,18). The zero-order valence-electron chi connectivity index (χ0n) is 10.4. The summed E-state index contributed by atoms with van der Waals surface area (Å²) in [6, 6.07) is 5.19. The summed E-state index contributed by atoms with van der Waals surface area (Å²) in [4.78, 5) is 30.6. The van der Waals surface area contributed by atoms with Gasteiger partial charge in [0.05, 0.1) is 0 Å². The molecule has 102 valence electrons. The van der Waals surface area contributed by atoms with Crippen molar-refractivity contribution in [1.29, 1.82) is 0 Å².